The number of carboxylic acids is 1. The van der Waals surface area contributed by atoms with Gasteiger partial charge in [0, 0.05) is 6.20 Å². The summed E-state index contributed by atoms with van der Waals surface area (Å²) >= 11 is 2.53. The Morgan fingerprint density at radius 3 is 2.87 bits per heavy atom. The van der Waals surface area contributed by atoms with Crippen molar-refractivity contribution in [1.29, 1.82) is 0 Å². The summed E-state index contributed by atoms with van der Waals surface area (Å²) < 4.78 is 0. The third kappa shape index (κ3) is 1.92. The number of thiazole rings is 1. The first kappa shape index (κ1) is 10.3. The first-order valence-corrected chi connectivity index (χ1v) is 5.83. The molecule has 0 aromatic carbocycles. The number of aliphatic hydroxyl groups excluding tert-OH is 1. The van der Waals surface area contributed by atoms with Gasteiger partial charge >= 0.3 is 5.97 Å². The Kier molecular flexibility index (Phi) is 2.81. The number of aromatic carboxylic acids is 1. The molecule has 0 aliphatic carbocycles. The molecule has 0 aliphatic heterocycles. The fourth-order valence-electron chi connectivity index (χ4n) is 1.20. The number of hydrogen-bond donors (Lipinski definition) is 2. The Bertz CT molecular complexity index is 463. The van der Waals surface area contributed by atoms with Crippen molar-refractivity contribution in [2.45, 2.75) is 6.10 Å². The molecular formula is C9H7NO3S2. The van der Waals surface area contributed by atoms with Gasteiger partial charge < -0.3 is 10.2 Å². The fourth-order valence-corrected chi connectivity index (χ4v) is 2.77. The zero-order valence-corrected chi connectivity index (χ0v) is 9.09. The molecule has 0 saturated carbocycles. The third-order valence-corrected chi connectivity index (χ3v) is 3.69. The van der Waals surface area contributed by atoms with Crippen LogP contribution in [0.4, 0.5) is 0 Å². The third-order valence-electron chi connectivity index (χ3n) is 1.89. The molecule has 0 fully saturated rings. The Labute approximate surface area is 93.5 Å². The van der Waals surface area contributed by atoms with Crippen LogP contribution in [0.5, 0.6) is 0 Å². The average Bonchev–Trinajstić information content (AvgIpc) is 2.88. The topological polar surface area (TPSA) is 70.4 Å². The van der Waals surface area contributed by atoms with E-state index in [1.807, 2.05) is 0 Å². The predicted octanol–water partition coefficient (Wildman–Crippen LogP) is 1.98. The molecule has 2 N–H and O–H groups in total. The molecule has 4 nitrogen and oxygen atoms in total. The molecular weight excluding hydrogens is 234 g/mol. The number of carbonyl (C=O) groups is 1. The van der Waals surface area contributed by atoms with E-state index >= 15 is 0 Å². The number of rotatable bonds is 3. The van der Waals surface area contributed by atoms with Gasteiger partial charge in [-0.3, -0.25) is 4.98 Å². The highest BCUT2D eigenvalue weighted by Crippen LogP contribution is 2.31. The first-order valence-electron chi connectivity index (χ1n) is 4.07. The van der Waals surface area contributed by atoms with Crippen LogP contribution in [0, 0.1) is 0 Å². The van der Waals surface area contributed by atoms with Crippen LogP contribution in [0.25, 0.3) is 0 Å². The number of hydrogen-bond acceptors (Lipinski definition) is 5. The number of carboxylic acid groups (broad SMARTS) is 1. The van der Waals surface area contributed by atoms with Gasteiger partial charge in [-0.2, -0.15) is 0 Å². The molecule has 78 valence electrons. The van der Waals surface area contributed by atoms with Crippen molar-refractivity contribution in [1.82, 2.24) is 4.98 Å². The van der Waals surface area contributed by atoms with E-state index in [0.717, 1.165) is 0 Å². The van der Waals surface area contributed by atoms with Crippen molar-refractivity contribution in [3.05, 3.63) is 38.5 Å². The Balaban J connectivity index is 2.37. The highest BCUT2D eigenvalue weighted by Gasteiger charge is 2.20. The van der Waals surface area contributed by atoms with E-state index in [1.165, 1.54) is 28.7 Å². The van der Waals surface area contributed by atoms with E-state index in [1.54, 1.807) is 17.1 Å². The Hall–Kier alpha value is -1.24. The SMILES string of the molecule is O=C(O)c1ccsc1C(O)c1cncs1. The lowest BCUT2D eigenvalue weighted by molar-refractivity contribution is 0.0692. The maximum absolute atomic E-state index is 10.8. The van der Waals surface area contributed by atoms with Crippen LogP contribution in [0.1, 0.15) is 26.2 Å². The molecule has 6 heteroatoms. The standard InChI is InChI=1S/C9H7NO3S2/c11-7(6-3-10-4-15-6)8-5(9(12)13)1-2-14-8/h1-4,7,11H,(H,12,13). The lowest BCUT2D eigenvalue weighted by atomic mass is 10.2. The van der Waals surface area contributed by atoms with Gasteiger partial charge in [-0.05, 0) is 11.4 Å². The molecule has 0 radical (unpaired) electrons. The van der Waals surface area contributed by atoms with Gasteiger partial charge in [-0.25, -0.2) is 4.79 Å². The second-order valence-corrected chi connectivity index (χ2v) is 4.68. The van der Waals surface area contributed by atoms with Crippen LogP contribution < -0.4 is 0 Å². The van der Waals surface area contributed by atoms with Crippen molar-refractivity contribution in [2.75, 3.05) is 0 Å². The summed E-state index contributed by atoms with van der Waals surface area (Å²) in [5.41, 5.74) is 1.76. The average molecular weight is 241 g/mol. The lowest BCUT2D eigenvalue weighted by Gasteiger charge is -2.06. The van der Waals surface area contributed by atoms with E-state index in [0.29, 0.717) is 9.75 Å². The molecule has 2 aromatic heterocycles. The summed E-state index contributed by atoms with van der Waals surface area (Å²) in [7, 11) is 0. The van der Waals surface area contributed by atoms with Gasteiger partial charge in [0.05, 0.1) is 20.8 Å². The summed E-state index contributed by atoms with van der Waals surface area (Å²) in [5, 5.41) is 20.5. The number of thiophene rings is 1. The van der Waals surface area contributed by atoms with E-state index in [4.69, 9.17) is 5.11 Å². The minimum atomic E-state index is -1.02. The largest absolute Gasteiger partial charge is 0.478 e. The van der Waals surface area contributed by atoms with E-state index in [9.17, 15) is 9.90 Å². The van der Waals surface area contributed by atoms with Gasteiger partial charge in [0.25, 0.3) is 0 Å². The highest BCUT2D eigenvalue weighted by atomic mass is 32.1. The molecule has 1 atom stereocenters. The zero-order valence-electron chi connectivity index (χ0n) is 7.45. The molecule has 0 spiro atoms. The smallest absolute Gasteiger partial charge is 0.336 e. The van der Waals surface area contributed by atoms with Gasteiger partial charge in [-0.1, -0.05) is 0 Å². The molecule has 2 heterocycles. The molecule has 0 bridgehead atoms. The second kappa shape index (κ2) is 4.09. The van der Waals surface area contributed by atoms with Gasteiger partial charge in [0.1, 0.15) is 6.10 Å². The Morgan fingerprint density at radius 2 is 2.27 bits per heavy atom. The lowest BCUT2D eigenvalue weighted by Crippen LogP contribution is -2.03. The van der Waals surface area contributed by atoms with E-state index < -0.39 is 12.1 Å². The van der Waals surface area contributed by atoms with Gasteiger partial charge in [0.2, 0.25) is 0 Å². The van der Waals surface area contributed by atoms with Crippen molar-refractivity contribution in [3.63, 3.8) is 0 Å². The molecule has 0 aliphatic rings. The second-order valence-electron chi connectivity index (χ2n) is 2.81. The van der Waals surface area contributed by atoms with Crippen molar-refractivity contribution < 1.29 is 15.0 Å². The van der Waals surface area contributed by atoms with E-state index in [2.05, 4.69) is 4.98 Å². The van der Waals surface area contributed by atoms with Gasteiger partial charge in [0.15, 0.2) is 0 Å². The van der Waals surface area contributed by atoms with Crippen molar-refractivity contribution >= 4 is 28.6 Å². The van der Waals surface area contributed by atoms with Crippen molar-refractivity contribution in [2.24, 2.45) is 0 Å². The molecule has 2 aromatic rings. The summed E-state index contributed by atoms with van der Waals surface area (Å²) in [4.78, 5) is 15.8. The van der Waals surface area contributed by atoms with E-state index in [-0.39, 0.29) is 5.56 Å². The molecule has 2 rings (SSSR count). The normalized spacial score (nSPS) is 12.6. The van der Waals surface area contributed by atoms with Crippen LogP contribution in [0.2, 0.25) is 0 Å². The Morgan fingerprint density at radius 1 is 1.47 bits per heavy atom. The van der Waals surface area contributed by atoms with Gasteiger partial charge in [-0.15, -0.1) is 22.7 Å². The van der Waals surface area contributed by atoms with Crippen LogP contribution in [-0.4, -0.2) is 21.2 Å². The maximum Gasteiger partial charge on any atom is 0.336 e. The summed E-state index contributed by atoms with van der Waals surface area (Å²) in [6.45, 7) is 0. The molecule has 0 saturated heterocycles. The molecule has 1 unspecified atom stereocenters. The van der Waals surface area contributed by atoms with Crippen LogP contribution >= 0.6 is 22.7 Å². The first-order chi connectivity index (χ1) is 7.20. The monoisotopic (exact) mass is 241 g/mol. The summed E-state index contributed by atoms with van der Waals surface area (Å²) in [5.74, 6) is -1.02. The minimum absolute atomic E-state index is 0.154. The zero-order chi connectivity index (χ0) is 10.8. The van der Waals surface area contributed by atoms with Crippen LogP contribution in [0.3, 0.4) is 0 Å². The van der Waals surface area contributed by atoms with Crippen LogP contribution in [0.15, 0.2) is 23.2 Å². The highest BCUT2D eigenvalue weighted by molar-refractivity contribution is 7.11. The summed E-state index contributed by atoms with van der Waals surface area (Å²) in [6.07, 6.45) is 0.657. The van der Waals surface area contributed by atoms with Crippen molar-refractivity contribution in [3.8, 4) is 0 Å². The number of nitrogens with zero attached hydrogens (tertiary/aromatic N) is 1. The summed E-state index contributed by atoms with van der Waals surface area (Å²) in [6, 6.07) is 1.49. The maximum atomic E-state index is 10.8. The minimum Gasteiger partial charge on any atom is -0.478 e. The number of aliphatic hydroxyl groups is 1. The number of aromatic nitrogens is 1. The molecule has 0 amide bonds. The molecule has 15 heavy (non-hydrogen) atoms. The fraction of sp³-hybridized carbons (Fsp3) is 0.111. The predicted molar refractivity (Wildman–Crippen MR) is 57.5 cm³/mol. The van der Waals surface area contributed by atoms with Crippen LogP contribution in [-0.2, 0) is 0 Å². The quantitative estimate of drug-likeness (QED) is 0.862.